The predicted octanol–water partition coefficient (Wildman–Crippen LogP) is 4.64. The summed E-state index contributed by atoms with van der Waals surface area (Å²) >= 11 is 5.68. The van der Waals surface area contributed by atoms with E-state index in [-0.39, 0.29) is 5.82 Å². The number of fused-ring (bicyclic) bond motifs is 1. The molecule has 0 unspecified atom stereocenters. The first-order valence-electron chi connectivity index (χ1n) is 6.25. The van der Waals surface area contributed by atoms with Crippen molar-refractivity contribution in [2.45, 2.75) is 6.54 Å². The largest absolute Gasteiger partial charge is 0.364 e. The molecule has 20 heavy (non-hydrogen) atoms. The highest BCUT2D eigenvalue weighted by Gasteiger charge is 2.05. The Bertz CT molecular complexity index is 753. The summed E-state index contributed by atoms with van der Waals surface area (Å²) in [6, 6.07) is 15.4. The number of hydrogen-bond acceptors (Lipinski definition) is 2. The van der Waals surface area contributed by atoms with Gasteiger partial charge in [0.05, 0.1) is 5.02 Å². The lowest BCUT2D eigenvalue weighted by molar-refractivity contribution is 0.624. The van der Waals surface area contributed by atoms with E-state index < -0.39 is 5.82 Å². The van der Waals surface area contributed by atoms with Crippen LogP contribution in [0.5, 0.6) is 0 Å². The van der Waals surface area contributed by atoms with Crippen molar-refractivity contribution in [3.8, 4) is 0 Å². The summed E-state index contributed by atoms with van der Waals surface area (Å²) in [4.78, 5) is 3.95. The van der Waals surface area contributed by atoms with E-state index in [0.717, 1.165) is 16.3 Å². The van der Waals surface area contributed by atoms with Crippen LogP contribution in [0.3, 0.4) is 0 Å². The molecule has 4 heteroatoms. The minimum absolute atomic E-state index is 0.210. The zero-order valence-electron chi connectivity index (χ0n) is 10.6. The van der Waals surface area contributed by atoms with Gasteiger partial charge in [0.2, 0.25) is 0 Å². The molecule has 0 aliphatic carbocycles. The SMILES string of the molecule is Fc1cc(Cl)cnc1NCc1cccc2ccccc12. The van der Waals surface area contributed by atoms with Crippen molar-refractivity contribution in [2.24, 2.45) is 0 Å². The molecule has 0 saturated heterocycles. The number of rotatable bonds is 3. The monoisotopic (exact) mass is 286 g/mol. The maximum absolute atomic E-state index is 13.7. The second kappa shape index (κ2) is 5.47. The molecule has 1 heterocycles. The second-order valence-corrected chi connectivity index (χ2v) is 4.91. The first kappa shape index (κ1) is 12.9. The van der Waals surface area contributed by atoms with Gasteiger partial charge in [-0.15, -0.1) is 0 Å². The normalized spacial score (nSPS) is 10.7. The average molecular weight is 287 g/mol. The van der Waals surface area contributed by atoms with Gasteiger partial charge in [0.1, 0.15) is 0 Å². The van der Waals surface area contributed by atoms with Crippen molar-refractivity contribution in [1.82, 2.24) is 4.98 Å². The van der Waals surface area contributed by atoms with Crippen LogP contribution in [0.1, 0.15) is 5.56 Å². The molecule has 2 aromatic carbocycles. The van der Waals surface area contributed by atoms with E-state index in [1.807, 2.05) is 24.3 Å². The second-order valence-electron chi connectivity index (χ2n) is 4.48. The van der Waals surface area contributed by atoms with Gasteiger partial charge in [-0.1, -0.05) is 54.1 Å². The molecule has 1 N–H and O–H groups in total. The lowest BCUT2D eigenvalue weighted by Crippen LogP contribution is -2.04. The van der Waals surface area contributed by atoms with Crippen LogP contribution in [-0.2, 0) is 6.54 Å². The van der Waals surface area contributed by atoms with E-state index in [0.29, 0.717) is 11.6 Å². The van der Waals surface area contributed by atoms with E-state index >= 15 is 0 Å². The standard InChI is InChI=1S/C16H12ClFN2/c17-13-8-15(18)16(20-10-13)19-9-12-6-3-5-11-4-1-2-7-14(11)12/h1-8,10H,9H2,(H,19,20). The summed E-state index contributed by atoms with van der Waals surface area (Å²) in [6.07, 6.45) is 1.43. The molecule has 0 aliphatic heterocycles. The highest BCUT2D eigenvalue weighted by Crippen LogP contribution is 2.21. The third-order valence-corrected chi connectivity index (χ3v) is 3.34. The van der Waals surface area contributed by atoms with Crippen LogP contribution < -0.4 is 5.32 Å². The van der Waals surface area contributed by atoms with Gasteiger partial charge in [0.25, 0.3) is 0 Å². The maximum atomic E-state index is 13.7. The highest BCUT2D eigenvalue weighted by molar-refractivity contribution is 6.30. The summed E-state index contributed by atoms with van der Waals surface area (Å²) in [7, 11) is 0. The molecule has 1 aromatic heterocycles. The molecule has 3 rings (SSSR count). The summed E-state index contributed by atoms with van der Waals surface area (Å²) in [5, 5.41) is 5.61. The Kier molecular flexibility index (Phi) is 3.52. The summed E-state index contributed by atoms with van der Waals surface area (Å²) in [5.74, 6) is -0.236. The number of hydrogen-bond donors (Lipinski definition) is 1. The van der Waals surface area contributed by atoms with Crippen LogP contribution in [0, 0.1) is 5.82 Å². The summed E-state index contributed by atoms with van der Waals surface area (Å²) in [6.45, 7) is 0.507. The fourth-order valence-corrected chi connectivity index (χ4v) is 2.31. The minimum Gasteiger partial charge on any atom is -0.364 e. The highest BCUT2D eigenvalue weighted by atomic mass is 35.5. The van der Waals surface area contributed by atoms with Gasteiger partial charge < -0.3 is 5.32 Å². The molecule has 0 radical (unpaired) electrons. The van der Waals surface area contributed by atoms with Crippen LogP contribution >= 0.6 is 11.6 Å². The van der Waals surface area contributed by atoms with Crippen LogP contribution in [0.2, 0.25) is 5.02 Å². The lowest BCUT2D eigenvalue weighted by atomic mass is 10.0. The number of benzene rings is 2. The Balaban J connectivity index is 1.87. The number of aromatic nitrogens is 1. The number of pyridine rings is 1. The molecule has 0 saturated carbocycles. The van der Waals surface area contributed by atoms with Crippen molar-refractivity contribution in [3.05, 3.63) is 71.1 Å². The zero-order valence-corrected chi connectivity index (χ0v) is 11.4. The molecule has 0 atom stereocenters. The van der Waals surface area contributed by atoms with Crippen LogP contribution in [-0.4, -0.2) is 4.98 Å². The minimum atomic E-state index is -0.447. The number of halogens is 2. The van der Waals surface area contributed by atoms with E-state index in [1.54, 1.807) is 0 Å². The van der Waals surface area contributed by atoms with Crippen LogP contribution in [0.15, 0.2) is 54.7 Å². The molecule has 100 valence electrons. The Morgan fingerprint density at radius 3 is 2.75 bits per heavy atom. The lowest BCUT2D eigenvalue weighted by Gasteiger charge is -2.09. The van der Waals surface area contributed by atoms with Gasteiger partial charge in [-0.3, -0.25) is 0 Å². The van der Waals surface area contributed by atoms with Gasteiger partial charge in [-0.05, 0) is 22.4 Å². The van der Waals surface area contributed by atoms with Crippen molar-refractivity contribution in [2.75, 3.05) is 5.32 Å². The number of anilines is 1. The van der Waals surface area contributed by atoms with Crippen LogP contribution in [0.4, 0.5) is 10.2 Å². The quantitative estimate of drug-likeness (QED) is 0.759. The summed E-state index contributed by atoms with van der Waals surface area (Å²) in [5.41, 5.74) is 1.10. The van der Waals surface area contributed by atoms with Gasteiger partial charge in [-0.2, -0.15) is 0 Å². The smallest absolute Gasteiger partial charge is 0.166 e. The maximum Gasteiger partial charge on any atom is 0.166 e. The average Bonchev–Trinajstić information content (AvgIpc) is 2.46. The van der Waals surface area contributed by atoms with E-state index in [9.17, 15) is 4.39 Å². The van der Waals surface area contributed by atoms with Crippen LogP contribution in [0.25, 0.3) is 10.8 Å². The Hall–Kier alpha value is -2.13. The Labute approximate surface area is 121 Å². The molecule has 3 aromatic rings. The van der Waals surface area contributed by atoms with Gasteiger partial charge >= 0.3 is 0 Å². The third-order valence-electron chi connectivity index (χ3n) is 3.13. The molecular formula is C16H12ClFN2. The van der Waals surface area contributed by atoms with E-state index in [2.05, 4.69) is 28.5 Å². The van der Waals surface area contributed by atoms with Gasteiger partial charge in [-0.25, -0.2) is 9.37 Å². The molecular weight excluding hydrogens is 275 g/mol. The van der Waals surface area contributed by atoms with Gasteiger partial charge in [0.15, 0.2) is 11.6 Å². The Morgan fingerprint density at radius 1 is 1.10 bits per heavy atom. The zero-order chi connectivity index (χ0) is 13.9. The fourth-order valence-electron chi connectivity index (χ4n) is 2.17. The first-order chi connectivity index (χ1) is 9.74. The molecule has 0 spiro atoms. The van der Waals surface area contributed by atoms with Crippen molar-refractivity contribution < 1.29 is 4.39 Å². The number of nitrogens with one attached hydrogen (secondary N) is 1. The summed E-state index contributed by atoms with van der Waals surface area (Å²) < 4.78 is 13.7. The van der Waals surface area contributed by atoms with Crippen molar-refractivity contribution >= 4 is 28.2 Å². The Morgan fingerprint density at radius 2 is 1.90 bits per heavy atom. The van der Waals surface area contributed by atoms with Gasteiger partial charge in [0, 0.05) is 12.7 Å². The first-order valence-corrected chi connectivity index (χ1v) is 6.63. The molecule has 0 fully saturated rings. The van der Waals surface area contributed by atoms with Crippen molar-refractivity contribution in [1.29, 1.82) is 0 Å². The van der Waals surface area contributed by atoms with E-state index in [4.69, 9.17) is 11.6 Å². The fraction of sp³-hybridized carbons (Fsp3) is 0.0625. The third kappa shape index (κ3) is 2.58. The molecule has 0 amide bonds. The van der Waals surface area contributed by atoms with E-state index in [1.165, 1.54) is 12.3 Å². The number of nitrogens with zero attached hydrogens (tertiary/aromatic N) is 1. The molecule has 0 bridgehead atoms. The predicted molar refractivity (Wildman–Crippen MR) is 80.5 cm³/mol. The topological polar surface area (TPSA) is 24.9 Å². The van der Waals surface area contributed by atoms with Crippen molar-refractivity contribution in [3.63, 3.8) is 0 Å². The molecule has 0 aliphatic rings. The molecule has 2 nitrogen and oxygen atoms in total.